The molecule has 0 aliphatic rings. The molecule has 0 saturated carbocycles. The number of urea groups is 1. The van der Waals surface area contributed by atoms with Gasteiger partial charge in [-0.25, -0.2) is 4.79 Å². The van der Waals surface area contributed by atoms with Gasteiger partial charge in [0.25, 0.3) is 0 Å². The van der Waals surface area contributed by atoms with Gasteiger partial charge in [0, 0.05) is 33.2 Å². The predicted molar refractivity (Wildman–Crippen MR) is 85.7 cm³/mol. The second-order valence-corrected chi connectivity index (χ2v) is 5.54. The molecule has 1 atom stereocenters. The van der Waals surface area contributed by atoms with Crippen LogP contribution in [-0.2, 0) is 0 Å². The molecule has 1 aromatic carbocycles. The average Bonchev–Trinajstić information content (AvgIpc) is 2.43. The Balaban J connectivity index is 2.35. The summed E-state index contributed by atoms with van der Waals surface area (Å²) in [6.45, 7) is 7.47. The fraction of sp³-hybridized carbons (Fsp3) is 0.562. The summed E-state index contributed by atoms with van der Waals surface area (Å²) < 4.78 is 5.62. The smallest absolute Gasteiger partial charge is 0.316 e. The van der Waals surface area contributed by atoms with Crippen molar-refractivity contribution in [1.29, 1.82) is 0 Å². The quantitative estimate of drug-likeness (QED) is 0.759. The van der Waals surface area contributed by atoms with Gasteiger partial charge in [0.15, 0.2) is 0 Å². The highest BCUT2D eigenvalue weighted by Gasteiger charge is 2.06. The molecule has 0 aromatic heterocycles. The van der Waals surface area contributed by atoms with E-state index in [-0.39, 0.29) is 18.2 Å². The van der Waals surface area contributed by atoms with E-state index in [0.717, 1.165) is 12.3 Å². The Morgan fingerprint density at radius 2 is 1.76 bits per heavy atom. The van der Waals surface area contributed by atoms with Crippen molar-refractivity contribution >= 4 is 6.03 Å². The fourth-order valence-electron chi connectivity index (χ4n) is 1.84. The van der Waals surface area contributed by atoms with Crippen LogP contribution < -0.4 is 15.4 Å². The molecular formula is C16H27N3O2. The summed E-state index contributed by atoms with van der Waals surface area (Å²) in [6.07, 6.45) is 0.187. The Hall–Kier alpha value is -1.75. The van der Waals surface area contributed by atoms with Gasteiger partial charge in [-0.2, -0.15) is 0 Å². The zero-order valence-electron chi connectivity index (χ0n) is 13.6. The number of nitrogens with zero attached hydrogens (tertiary/aromatic N) is 1. The third-order valence-electron chi connectivity index (χ3n) is 3.01. The molecule has 2 N–H and O–H groups in total. The van der Waals surface area contributed by atoms with Gasteiger partial charge in [0.1, 0.15) is 5.75 Å². The Labute approximate surface area is 127 Å². The molecule has 2 amide bonds. The van der Waals surface area contributed by atoms with Gasteiger partial charge >= 0.3 is 6.03 Å². The first-order valence-corrected chi connectivity index (χ1v) is 7.35. The SMILES string of the molecule is CC(C)Oc1ccc(C(C)NCCNC(=O)N(C)C)cc1. The van der Waals surface area contributed by atoms with E-state index < -0.39 is 0 Å². The van der Waals surface area contributed by atoms with Gasteiger partial charge in [-0.15, -0.1) is 0 Å². The minimum Gasteiger partial charge on any atom is -0.491 e. The topological polar surface area (TPSA) is 53.6 Å². The molecule has 118 valence electrons. The van der Waals surface area contributed by atoms with Crippen LogP contribution in [0.15, 0.2) is 24.3 Å². The third kappa shape index (κ3) is 6.49. The minimum atomic E-state index is -0.0698. The molecule has 0 spiro atoms. The number of carbonyl (C=O) groups is 1. The molecule has 1 aromatic rings. The van der Waals surface area contributed by atoms with E-state index in [1.54, 1.807) is 14.1 Å². The highest BCUT2D eigenvalue weighted by molar-refractivity contribution is 5.73. The lowest BCUT2D eigenvalue weighted by atomic mass is 10.1. The Kier molecular flexibility index (Phi) is 7.02. The minimum absolute atomic E-state index is 0.0698. The van der Waals surface area contributed by atoms with Crippen LogP contribution >= 0.6 is 0 Å². The molecule has 0 aliphatic carbocycles. The summed E-state index contributed by atoms with van der Waals surface area (Å²) in [5, 5.41) is 6.20. The summed E-state index contributed by atoms with van der Waals surface area (Å²) in [5.74, 6) is 0.888. The van der Waals surface area contributed by atoms with Crippen molar-refractivity contribution in [2.24, 2.45) is 0 Å². The number of hydrogen-bond donors (Lipinski definition) is 2. The summed E-state index contributed by atoms with van der Waals surface area (Å²) in [5.41, 5.74) is 1.20. The number of rotatable bonds is 7. The van der Waals surface area contributed by atoms with E-state index in [1.165, 1.54) is 10.5 Å². The maximum Gasteiger partial charge on any atom is 0.316 e. The van der Waals surface area contributed by atoms with Gasteiger partial charge in [-0.3, -0.25) is 0 Å². The summed E-state index contributed by atoms with van der Waals surface area (Å²) in [7, 11) is 3.46. The van der Waals surface area contributed by atoms with Gasteiger partial charge in [0.05, 0.1) is 6.10 Å². The monoisotopic (exact) mass is 293 g/mol. The Morgan fingerprint density at radius 1 is 1.14 bits per heavy atom. The number of ether oxygens (including phenoxy) is 1. The lowest BCUT2D eigenvalue weighted by Crippen LogP contribution is -2.38. The number of hydrogen-bond acceptors (Lipinski definition) is 3. The van der Waals surface area contributed by atoms with Crippen molar-refractivity contribution in [3.8, 4) is 5.75 Å². The molecule has 0 aliphatic heterocycles. The van der Waals surface area contributed by atoms with Crippen LogP contribution in [0.3, 0.4) is 0 Å². The molecule has 0 fully saturated rings. The largest absolute Gasteiger partial charge is 0.491 e. The molecule has 0 radical (unpaired) electrons. The van der Waals surface area contributed by atoms with E-state index in [4.69, 9.17) is 4.74 Å². The second kappa shape index (κ2) is 8.52. The van der Waals surface area contributed by atoms with Crippen LogP contribution in [0.2, 0.25) is 0 Å². The number of nitrogens with one attached hydrogen (secondary N) is 2. The van der Waals surface area contributed by atoms with Crippen LogP contribution in [0.25, 0.3) is 0 Å². The lowest BCUT2D eigenvalue weighted by Gasteiger charge is -2.17. The molecule has 0 heterocycles. The molecule has 0 saturated heterocycles. The van der Waals surface area contributed by atoms with Crippen LogP contribution in [0, 0.1) is 0 Å². The molecule has 1 unspecified atom stereocenters. The molecule has 5 heteroatoms. The zero-order chi connectivity index (χ0) is 15.8. The summed E-state index contributed by atoms with van der Waals surface area (Å²) >= 11 is 0. The first-order valence-electron chi connectivity index (χ1n) is 7.35. The molecule has 1 rings (SSSR count). The van der Waals surface area contributed by atoms with Crippen molar-refractivity contribution in [1.82, 2.24) is 15.5 Å². The maximum atomic E-state index is 11.4. The van der Waals surface area contributed by atoms with Crippen molar-refractivity contribution in [3.05, 3.63) is 29.8 Å². The first kappa shape index (κ1) is 17.3. The third-order valence-corrected chi connectivity index (χ3v) is 3.01. The fourth-order valence-corrected chi connectivity index (χ4v) is 1.84. The summed E-state index contributed by atoms with van der Waals surface area (Å²) in [4.78, 5) is 12.9. The van der Waals surface area contributed by atoms with E-state index in [0.29, 0.717) is 6.54 Å². The Morgan fingerprint density at radius 3 is 2.29 bits per heavy atom. The normalized spacial score (nSPS) is 12.1. The first-order chi connectivity index (χ1) is 9.90. The molecule has 5 nitrogen and oxygen atoms in total. The van der Waals surface area contributed by atoms with Crippen LogP contribution in [-0.4, -0.2) is 44.2 Å². The van der Waals surface area contributed by atoms with Crippen LogP contribution in [0.4, 0.5) is 4.79 Å². The van der Waals surface area contributed by atoms with Crippen molar-refractivity contribution < 1.29 is 9.53 Å². The van der Waals surface area contributed by atoms with Gasteiger partial charge in [-0.05, 0) is 38.5 Å². The lowest BCUT2D eigenvalue weighted by molar-refractivity contribution is 0.217. The van der Waals surface area contributed by atoms with E-state index in [9.17, 15) is 4.79 Å². The number of benzene rings is 1. The standard InChI is InChI=1S/C16H27N3O2/c1-12(2)21-15-8-6-14(7-9-15)13(3)17-10-11-18-16(20)19(4)5/h6-9,12-13,17H,10-11H2,1-5H3,(H,18,20). The van der Waals surface area contributed by atoms with E-state index in [2.05, 4.69) is 29.7 Å². The van der Waals surface area contributed by atoms with Crippen LogP contribution in [0.5, 0.6) is 5.75 Å². The van der Waals surface area contributed by atoms with Crippen molar-refractivity contribution in [3.63, 3.8) is 0 Å². The van der Waals surface area contributed by atoms with E-state index >= 15 is 0 Å². The second-order valence-electron chi connectivity index (χ2n) is 5.54. The van der Waals surface area contributed by atoms with E-state index in [1.807, 2.05) is 26.0 Å². The maximum absolute atomic E-state index is 11.4. The zero-order valence-corrected chi connectivity index (χ0v) is 13.6. The molecule has 21 heavy (non-hydrogen) atoms. The highest BCUT2D eigenvalue weighted by Crippen LogP contribution is 2.18. The number of carbonyl (C=O) groups excluding carboxylic acids is 1. The highest BCUT2D eigenvalue weighted by atomic mass is 16.5. The van der Waals surface area contributed by atoms with Crippen molar-refractivity contribution in [2.75, 3.05) is 27.2 Å². The van der Waals surface area contributed by atoms with Crippen LogP contribution in [0.1, 0.15) is 32.4 Å². The van der Waals surface area contributed by atoms with Crippen molar-refractivity contribution in [2.45, 2.75) is 32.9 Å². The van der Waals surface area contributed by atoms with Gasteiger partial charge in [-0.1, -0.05) is 12.1 Å². The Bertz CT molecular complexity index is 430. The average molecular weight is 293 g/mol. The van der Waals surface area contributed by atoms with Gasteiger partial charge < -0.3 is 20.3 Å². The predicted octanol–water partition coefficient (Wildman–Crippen LogP) is 2.40. The van der Waals surface area contributed by atoms with Gasteiger partial charge in [0.2, 0.25) is 0 Å². The summed E-state index contributed by atoms with van der Waals surface area (Å²) in [6, 6.07) is 8.26. The molecular weight excluding hydrogens is 266 g/mol. The number of amides is 2. The molecule has 0 bridgehead atoms.